The Morgan fingerprint density at radius 3 is 1.36 bits per heavy atom. The van der Waals surface area contributed by atoms with Gasteiger partial charge in [0.05, 0.1) is 0 Å². The SMILES string of the molecule is C1=C[SiH](O[SiH]2C=CC=C2)C=C1. The van der Waals surface area contributed by atoms with E-state index in [-0.39, 0.29) is 0 Å². The van der Waals surface area contributed by atoms with Gasteiger partial charge in [-0.15, -0.1) is 0 Å². The van der Waals surface area contributed by atoms with Crippen molar-refractivity contribution in [3.05, 3.63) is 47.1 Å². The molecule has 0 spiro atoms. The largest absolute Gasteiger partial charge is 0.448 e. The minimum absolute atomic E-state index is 1.04. The Kier molecular flexibility index (Phi) is 2.02. The molecule has 3 heteroatoms. The molecule has 0 atom stereocenters. The van der Waals surface area contributed by atoms with Crippen LogP contribution in [0.25, 0.3) is 0 Å². The summed E-state index contributed by atoms with van der Waals surface area (Å²) in [4.78, 5) is 0. The first-order valence-corrected chi connectivity index (χ1v) is 7.41. The molecule has 0 aromatic heterocycles. The lowest BCUT2D eigenvalue weighted by molar-refractivity contribution is 0.631. The fourth-order valence-corrected chi connectivity index (χ4v) is 5.73. The van der Waals surface area contributed by atoms with E-state index in [1.807, 2.05) is 0 Å². The fraction of sp³-hybridized carbons (Fsp3) is 0. The van der Waals surface area contributed by atoms with Crippen LogP contribution in [0, 0.1) is 0 Å². The number of hydrogen-bond acceptors (Lipinski definition) is 1. The Morgan fingerprint density at radius 2 is 1.00 bits per heavy atom. The molecule has 0 unspecified atom stereocenters. The summed E-state index contributed by atoms with van der Waals surface area (Å²) in [5.41, 5.74) is 8.86. The second-order valence-corrected chi connectivity index (χ2v) is 7.09. The molecule has 0 saturated carbocycles. The van der Waals surface area contributed by atoms with Gasteiger partial charge in [0.15, 0.2) is 0 Å². The summed E-state index contributed by atoms with van der Waals surface area (Å²) >= 11 is 0. The van der Waals surface area contributed by atoms with Gasteiger partial charge in [-0.3, -0.25) is 0 Å². The maximum atomic E-state index is 5.90. The van der Waals surface area contributed by atoms with E-state index < -0.39 is 18.1 Å². The predicted molar refractivity (Wildman–Crippen MR) is 51.9 cm³/mol. The van der Waals surface area contributed by atoms with E-state index in [1.54, 1.807) is 0 Å². The molecule has 0 aromatic carbocycles. The van der Waals surface area contributed by atoms with E-state index in [2.05, 4.69) is 47.1 Å². The van der Waals surface area contributed by atoms with Crippen LogP contribution in [0.15, 0.2) is 47.1 Å². The topological polar surface area (TPSA) is 9.23 Å². The third kappa shape index (κ3) is 1.68. The quantitative estimate of drug-likeness (QED) is 0.570. The Bertz CT molecular complexity index is 203. The van der Waals surface area contributed by atoms with Crippen LogP contribution >= 0.6 is 0 Å². The summed E-state index contributed by atoms with van der Waals surface area (Å²) in [7, 11) is -2.07. The zero-order valence-electron chi connectivity index (χ0n) is 6.18. The van der Waals surface area contributed by atoms with Gasteiger partial charge in [0.2, 0.25) is 18.1 Å². The summed E-state index contributed by atoms with van der Waals surface area (Å²) in [5.74, 6) is 0. The zero-order valence-corrected chi connectivity index (χ0v) is 8.49. The first kappa shape index (κ1) is 7.03. The Morgan fingerprint density at radius 1 is 0.636 bits per heavy atom. The molecule has 0 aliphatic carbocycles. The first-order chi connectivity index (χ1) is 5.45. The van der Waals surface area contributed by atoms with E-state index >= 15 is 0 Å². The molecule has 1 nitrogen and oxygen atoms in total. The minimum atomic E-state index is -1.04. The first-order valence-electron chi connectivity index (χ1n) is 3.80. The molecule has 0 amide bonds. The van der Waals surface area contributed by atoms with E-state index in [1.165, 1.54) is 0 Å². The monoisotopic (exact) mass is 178 g/mol. The van der Waals surface area contributed by atoms with Crippen LogP contribution in [-0.2, 0) is 4.12 Å². The van der Waals surface area contributed by atoms with Gasteiger partial charge in [-0.25, -0.2) is 0 Å². The zero-order chi connectivity index (χ0) is 7.52. The van der Waals surface area contributed by atoms with Gasteiger partial charge in [0.1, 0.15) is 0 Å². The number of hydrogen-bond donors (Lipinski definition) is 0. The fourth-order valence-electron chi connectivity index (χ4n) is 1.19. The number of allylic oxidation sites excluding steroid dienone is 4. The molecular weight excluding hydrogens is 168 g/mol. The van der Waals surface area contributed by atoms with Crippen molar-refractivity contribution >= 4 is 18.1 Å². The van der Waals surface area contributed by atoms with Crippen molar-refractivity contribution in [1.29, 1.82) is 0 Å². The predicted octanol–water partition coefficient (Wildman–Crippen LogP) is 0.859. The van der Waals surface area contributed by atoms with Crippen LogP contribution in [0.4, 0.5) is 0 Å². The Hall–Kier alpha value is -0.646. The summed E-state index contributed by atoms with van der Waals surface area (Å²) < 4.78 is 5.90. The summed E-state index contributed by atoms with van der Waals surface area (Å²) in [6.07, 6.45) is 8.36. The van der Waals surface area contributed by atoms with E-state index in [4.69, 9.17) is 4.12 Å². The van der Waals surface area contributed by atoms with Gasteiger partial charge in [-0.1, -0.05) is 47.1 Å². The van der Waals surface area contributed by atoms with E-state index in [9.17, 15) is 0 Å². The van der Waals surface area contributed by atoms with Crippen molar-refractivity contribution in [2.24, 2.45) is 0 Å². The molecule has 0 N–H and O–H groups in total. The van der Waals surface area contributed by atoms with Crippen molar-refractivity contribution in [3.63, 3.8) is 0 Å². The molecule has 2 rings (SSSR count). The van der Waals surface area contributed by atoms with E-state index in [0.29, 0.717) is 0 Å². The van der Waals surface area contributed by atoms with Gasteiger partial charge in [0, 0.05) is 0 Å². The molecule has 2 heterocycles. The van der Waals surface area contributed by atoms with Crippen LogP contribution in [0.2, 0.25) is 0 Å². The lowest BCUT2D eigenvalue weighted by atomic mass is 10.6. The molecule has 0 radical (unpaired) electrons. The molecular formula is C8H10OSi2. The Balaban J connectivity index is 1.90. The van der Waals surface area contributed by atoms with Crippen LogP contribution < -0.4 is 0 Å². The standard InChI is InChI=1S/C8H10OSi2/c1-2-6-10(5-1)9-11-7-3-4-8-11/h1-8,10-11H. The maximum Gasteiger partial charge on any atom is 0.213 e. The molecule has 0 fully saturated rings. The van der Waals surface area contributed by atoms with Crippen molar-refractivity contribution in [3.8, 4) is 0 Å². The molecule has 56 valence electrons. The molecule has 2 aliphatic rings. The second kappa shape index (κ2) is 3.17. The van der Waals surface area contributed by atoms with Gasteiger partial charge in [0.25, 0.3) is 0 Å². The lowest BCUT2D eigenvalue weighted by Gasteiger charge is -2.09. The molecule has 0 saturated heterocycles. The smallest absolute Gasteiger partial charge is 0.213 e. The normalized spacial score (nSPS) is 22.5. The second-order valence-electron chi connectivity index (χ2n) is 2.60. The molecule has 0 aromatic rings. The third-order valence-corrected chi connectivity index (χ3v) is 6.66. The highest BCUT2D eigenvalue weighted by Crippen LogP contribution is 2.06. The van der Waals surface area contributed by atoms with Gasteiger partial charge < -0.3 is 4.12 Å². The van der Waals surface area contributed by atoms with Crippen molar-refractivity contribution in [1.82, 2.24) is 0 Å². The van der Waals surface area contributed by atoms with Gasteiger partial charge >= 0.3 is 0 Å². The summed E-state index contributed by atoms with van der Waals surface area (Å²) in [6, 6.07) is 0. The van der Waals surface area contributed by atoms with Crippen LogP contribution in [0.5, 0.6) is 0 Å². The van der Waals surface area contributed by atoms with Crippen molar-refractivity contribution in [2.45, 2.75) is 0 Å². The van der Waals surface area contributed by atoms with Crippen LogP contribution in [0.3, 0.4) is 0 Å². The highest BCUT2D eigenvalue weighted by Gasteiger charge is 2.13. The number of rotatable bonds is 2. The maximum absolute atomic E-state index is 5.90. The van der Waals surface area contributed by atoms with Crippen LogP contribution in [-0.4, -0.2) is 18.1 Å². The summed E-state index contributed by atoms with van der Waals surface area (Å²) in [5, 5.41) is 0. The minimum Gasteiger partial charge on any atom is -0.448 e. The van der Waals surface area contributed by atoms with Gasteiger partial charge in [-0.05, 0) is 0 Å². The average molecular weight is 178 g/mol. The lowest BCUT2D eigenvalue weighted by Crippen LogP contribution is -2.21. The molecule has 0 bridgehead atoms. The molecule has 11 heavy (non-hydrogen) atoms. The van der Waals surface area contributed by atoms with Crippen LogP contribution in [0.1, 0.15) is 0 Å². The summed E-state index contributed by atoms with van der Waals surface area (Å²) in [6.45, 7) is 0. The van der Waals surface area contributed by atoms with Crippen molar-refractivity contribution in [2.75, 3.05) is 0 Å². The third-order valence-electron chi connectivity index (χ3n) is 1.74. The average Bonchev–Trinajstić information content (AvgIpc) is 2.60. The van der Waals surface area contributed by atoms with Crippen molar-refractivity contribution < 1.29 is 4.12 Å². The Labute approximate surface area is 69.8 Å². The highest BCUT2D eigenvalue weighted by molar-refractivity contribution is 6.77. The highest BCUT2D eigenvalue weighted by atomic mass is 28.4. The van der Waals surface area contributed by atoms with E-state index in [0.717, 1.165) is 0 Å². The molecule has 2 aliphatic heterocycles. The van der Waals surface area contributed by atoms with Gasteiger partial charge in [-0.2, -0.15) is 0 Å².